The number of nitrogens with zero attached hydrogens (tertiary/aromatic N) is 5. The second-order valence-corrected chi connectivity index (χ2v) is 7.65. The molecule has 0 amide bonds. The van der Waals surface area contributed by atoms with Gasteiger partial charge in [0.2, 0.25) is 5.13 Å². The molecule has 0 bridgehead atoms. The van der Waals surface area contributed by atoms with Crippen LogP contribution in [0.25, 0.3) is 11.4 Å². The fourth-order valence-corrected chi connectivity index (χ4v) is 4.35. The van der Waals surface area contributed by atoms with E-state index in [4.69, 9.17) is 4.98 Å². The molecule has 1 aromatic carbocycles. The third-order valence-electron chi connectivity index (χ3n) is 5.17. The van der Waals surface area contributed by atoms with Crippen LogP contribution >= 0.6 is 11.5 Å². The molecule has 3 heterocycles. The Morgan fingerprint density at radius 1 is 1.07 bits per heavy atom. The first-order valence-corrected chi connectivity index (χ1v) is 10.4. The first-order valence-electron chi connectivity index (χ1n) is 9.63. The number of hydrogen-bond donors (Lipinski definition) is 0. The third-order valence-corrected chi connectivity index (χ3v) is 5.94. The van der Waals surface area contributed by atoms with Crippen molar-refractivity contribution >= 4 is 22.5 Å². The minimum atomic E-state index is 0.689. The summed E-state index contributed by atoms with van der Waals surface area (Å²) in [6, 6.07) is 16.3. The van der Waals surface area contributed by atoms with Crippen molar-refractivity contribution < 1.29 is 0 Å². The Labute approximate surface area is 164 Å². The molecule has 0 N–H and O–H groups in total. The number of pyridine rings is 1. The number of aromatic nitrogens is 3. The van der Waals surface area contributed by atoms with Gasteiger partial charge in [0, 0.05) is 49.5 Å². The number of hydrogen-bond acceptors (Lipinski definition) is 6. The zero-order valence-electron chi connectivity index (χ0n) is 15.7. The van der Waals surface area contributed by atoms with Gasteiger partial charge in [-0.15, -0.1) is 0 Å². The van der Waals surface area contributed by atoms with Gasteiger partial charge in [-0.05, 0) is 37.8 Å². The van der Waals surface area contributed by atoms with Crippen molar-refractivity contribution in [1.29, 1.82) is 0 Å². The van der Waals surface area contributed by atoms with Gasteiger partial charge in [0.05, 0.1) is 0 Å². The fraction of sp³-hybridized carbons (Fsp3) is 0.381. The molecule has 140 valence electrons. The Morgan fingerprint density at radius 3 is 2.56 bits per heavy atom. The lowest BCUT2D eigenvalue weighted by molar-refractivity contribution is 0.403. The second-order valence-electron chi connectivity index (χ2n) is 6.92. The highest BCUT2D eigenvalue weighted by molar-refractivity contribution is 7.09. The second kappa shape index (κ2) is 8.48. The maximum absolute atomic E-state index is 4.79. The Bertz CT molecular complexity index is 828. The molecule has 1 aliphatic rings. The highest BCUT2D eigenvalue weighted by atomic mass is 32.1. The first-order chi connectivity index (χ1) is 13.3. The van der Waals surface area contributed by atoms with Gasteiger partial charge in [-0.25, -0.2) is 4.98 Å². The summed E-state index contributed by atoms with van der Waals surface area (Å²) in [6.45, 7) is 6.36. The van der Waals surface area contributed by atoms with Crippen molar-refractivity contribution in [2.24, 2.45) is 5.92 Å². The van der Waals surface area contributed by atoms with Crippen LogP contribution in [0.15, 0.2) is 54.7 Å². The molecule has 0 spiro atoms. The van der Waals surface area contributed by atoms with Crippen LogP contribution in [0, 0.1) is 5.92 Å². The van der Waals surface area contributed by atoms with Crippen LogP contribution in [-0.4, -0.2) is 40.5 Å². The summed E-state index contributed by atoms with van der Waals surface area (Å²) < 4.78 is 4.57. The van der Waals surface area contributed by atoms with Crippen molar-refractivity contribution in [3.05, 3.63) is 54.7 Å². The SMILES string of the molecule is CCN(CC1CCN(c2ccccn2)CC1)c1nc(-c2ccccc2)ns1. The van der Waals surface area contributed by atoms with Crippen molar-refractivity contribution in [3.8, 4) is 11.4 Å². The summed E-state index contributed by atoms with van der Waals surface area (Å²) in [5.41, 5.74) is 1.08. The lowest BCUT2D eigenvalue weighted by Gasteiger charge is -2.35. The predicted molar refractivity (Wildman–Crippen MR) is 112 cm³/mol. The molecule has 27 heavy (non-hydrogen) atoms. The summed E-state index contributed by atoms with van der Waals surface area (Å²) in [5.74, 6) is 2.62. The van der Waals surface area contributed by atoms with Crippen LogP contribution in [-0.2, 0) is 0 Å². The molecule has 0 saturated carbocycles. The summed E-state index contributed by atoms with van der Waals surface area (Å²) >= 11 is 1.51. The van der Waals surface area contributed by atoms with E-state index in [-0.39, 0.29) is 0 Å². The van der Waals surface area contributed by atoms with E-state index < -0.39 is 0 Å². The fourth-order valence-electron chi connectivity index (χ4n) is 3.59. The van der Waals surface area contributed by atoms with Gasteiger partial charge in [0.25, 0.3) is 0 Å². The molecule has 0 atom stereocenters. The van der Waals surface area contributed by atoms with Crippen molar-refractivity contribution in [3.63, 3.8) is 0 Å². The quantitative estimate of drug-likeness (QED) is 0.637. The van der Waals surface area contributed by atoms with Crippen LogP contribution < -0.4 is 9.80 Å². The minimum absolute atomic E-state index is 0.689. The normalized spacial score (nSPS) is 15.1. The largest absolute Gasteiger partial charge is 0.357 e. The molecule has 0 unspecified atom stereocenters. The molecule has 2 aromatic heterocycles. The first kappa shape index (κ1) is 17.9. The highest BCUT2D eigenvalue weighted by Crippen LogP contribution is 2.27. The molecule has 0 radical (unpaired) electrons. The maximum atomic E-state index is 4.79. The molecule has 1 aliphatic heterocycles. The summed E-state index contributed by atoms with van der Waals surface area (Å²) in [5, 5.41) is 1.03. The van der Waals surface area contributed by atoms with E-state index in [0.717, 1.165) is 48.5 Å². The standard InChI is InChI=1S/C21H25N5S/c1-2-25(21-23-20(24-27-21)18-8-4-3-5-9-18)16-17-11-14-26(15-12-17)19-10-6-7-13-22-19/h3-10,13,17H,2,11-12,14-16H2,1H3. The molecule has 3 aromatic rings. The van der Waals surface area contributed by atoms with Crippen molar-refractivity contribution in [2.45, 2.75) is 19.8 Å². The van der Waals surface area contributed by atoms with Crippen molar-refractivity contribution in [1.82, 2.24) is 14.3 Å². The minimum Gasteiger partial charge on any atom is -0.357 e. The van der Waals surface area contributed by atoms with Gasteiger partial charge >= 0.3 is 0 Å². The van der Waals surface area contributed by atoms with E-state index in [1.165, 1.54) is 24.4 Å². The van der Waals surface area contributed by atoms with Gasteiger partial charge in [0.15, 0.2) is 5.82 Å². The van der Waals surface area contributed by atoms with Gasteiger partial charge in [-0.1, -0.05) is 36.4 Å². The third kappa shape index (κ3) is 4.27. The van der Waals surface area contributed by atoms with E-state index >= 15 is 0 Å². The monoisotopic (exact) mass is 379 g/mol. The molecule has 1 fully saturated rings. The molecular formula is C21H25N5S. The van der Waals surface area contributed by atoms with Gasteiger partial charge in [-0.3, -0.25) is 0 Å². The average molecular weight is 380 g/mol. The number of piperidine rings is 1. The Kier molecular flexibility index (Phi) is 5.63. The lowest BCUT2D eigenvalue weighted by Crippen LogP contribution is -2.39. The topological polar surface area (TPSA) is 45.2 Å². The molecule has 0 aliphatic carbocycles. The van der Waals surface area contributed by atoms with E-state index in [1.807, 2.05) is 30.5 Å². The van der Waals surface area contributed by atoms with Crippen LogP contribution in [0.1, 0.15) is 19.8 Å². The number of anilines is 2. The maximum Gasteiger partial charge on any atom is 0.205 e. The predicted octanol–water partition coefficient (Wildman–Crippen LogP) is 4.34. The highest BCUT2D eigenvalue weighted by Gasteiger charge is 2.23. The number of benzene rings is 1. The van der Waals surface area contributed by atoms with Crippen LogP contribution in [0.4, 0.5) is 10.9 Å². The smallest absolute Gasteiger partial charge is 0.205 e. The number of rotatable bonds is 6. The average Bonchev–Trinajstić information content (AvgIpc) is 3.24. The molecule has 6 heteroatoms. The van der Waals surface area contributed by atoms with E-state index in [2.05, 4.69) is 50.3 Å². The van der Waals surface area contributed by atoms with Gasteiger partial charge in [0.1, 0.15) is 5.82 Å². The summed E-state index contributed by atoms with van der Waals surface area (Å²) in [6.07, 6.45) is 4.26. The Hall–Kier alpha value is -2.47. The lowest BCUT2D eigenvalue weighted by atomic mass is 9.96. The van der Waals surface area contributed by atoms with E-state index in [1.54, 1.807) is 0 Å². The zero-order valence-corrected chi connectivity index (χ0v) is 16.5. The molecule has 1 saturated heterocycles. The molecule has 4 rings (SSSR count). The van der Waals surface area contributed by atoms with Crippen LogP contribution in [0.2, 0.25) is 0 Å². The van der Waals surface area contributed by atoms with E-state index in [9.17, 15) is 0 Å². The summed E-state index contributed by atoms with van der Waals surface area (Å²) in [7, 11) is 0. The Balaban J connectivity index is 1.37. The zero-order chi connectivity index (χ0) is 18.5. The van der Waals surface area contributed by atoms with Crippen LogP contribution in [0.3, 0.4) is 0 Å². The van der Waals surface area contributed by atoms with Gasteiger partial charge in [-0.2, -0.15) is 9.36 Å². The van der Waals surface area contributed by atoms with Crippen LogP contribution in [0.5, 0.6) is 0 Å². The molecular weight excluding hydrogens is 354 g/mol. The van der Waals surface area contributed by atoms with E-state index in [0.29, 0.717) is 5.92 Å². The van der Waals surface area contributed by atoms with Crippen molar-refractivity contribution in [2.75, 3.05) is 36.0 Å². The molecule has 5 nitrogen and oxygen atoms in total. The summed E-state index contributed by atoms with van der Waals surface area (Å²) in [4.78, 5) is 14.0. The van der Waals surface area contributed by atoms with Gasteiger partial charge < -0.3 is 9.80 Å². The Morgan fingerprint density at radius 2 is 1.85 bits per heavy atom.